The van der Waals surface area contributed by atoms with Gasteiger partial charge in [0, 0.05) is 29.1 Å². The molecule has 1 aliphatic carbocycles. The Balaban J connectivity index is 1.59. The molecule has 0 saturated heterocycles. The Morgan fingerprint density at radius 2 is 2.00 bits per heavy atom. The summed E-state index contributed by atoms with van der Waals surface area (Å²) in [6.45, 7) is 7.89. The largest absolute Gasteiger partial charge is 0.490 e. The summed E-state index contributed by atoms with van der Waals surface area (Å²) in [6.07, 6.45) is 7.32. The van der Waals surface area contributed by atoms with E-state index >= 15 is 0 Å². The van der Waals surface area contributed by atoms with Gasteiger partial charge in [0.1, 0.15) is 5.75 Å². The minimum Gasteiger partial charge on any atom is -0.490 e. The molecule has 0 unspecified atom stereocenters. The molecule has 222 valence electrons. The molecule has 0 saturated carbocycles. The molecule has 1 amide bonds. The maximum atomic E-state index is 13.2. The number of sulfonamides is 1. The van der Waals surface area contributed by atoms with E-state index in [4.69, 9.17) is 16.3 Å². The van der Waals surface area contributed by atoms with Crippen LogP contribution in [0.2, 0.25) is 5.02 Å². The van der Waals surface area contributed by atoms with Crippen molar-refractivity contribution in [2.75, 3.05) is 30.3 Å². The van der Waals surface area contributed by atoms with E-state index in [2.05, 4.69) is 35.6 Å². The van der Waals surface area contributed by atoms with Gasteiger partial charge in [0.05, 0.1) is 24.2 Å². The Hall–Kier alpha value is -2.55. The number of hydrogen-bond acceptors (Lipinski definition) is 6. The summed E-state index contributed by atoms with van der Waals surface area (Å²) < 4.78 is 34.4. The topological polar surface area (TPSA) is 95.9 Å². The number of amides is 1. The molecule has 3 aliphatic rings. The molecule has 2 aliphatic heterocycles. The predicted molar refractivity (Wildman–Crippen MR) is 163 cm³/mol. The summed E-state index contributed by atoms with van der Waals surface area (Å²) in [6, 6.07) is 11.3. The van der Waals surface area contributed by atoms with Gasteiger partial charge in [0.2, 0.25) is 10.0 Å². The van der Waals surface area contributed by atoms with Gasteiger partial charge >= 0.3 is 0 Å². The standard InChI is InChI=1S/C32H41ClN2O5S/c1-4-26-22(3)17-35-19-32(14-6-8-23-15-25(33)11-12-27(23)32)20-40-30-13-10-24(16-28(30)35)31(37)34-41(38,39)18-21(2)7-5-9-29(26)36/h5,7,10-13,15-16,21-22,26,29,36H,4,6,8-9,14,17-20H2,1-3H3,(H,34,37)/b7-5+/t21-,22+,26-,29+,32+/m1/s1. The number of hydrogen-bond donors (Lipinski definition) is 2. The van der Waals surface area contributed by atoms with Gasteiger partial charge in [-0.1, -0.05) is 57.0 Å². The fraction of sp³-hybridized carbons (Fsp3) is 0.531. The molecule has 7 nitrogen and oxygen atoms in total. The molecule has 0 fully saturated rings. The molecule has 2 aromatic rings. The molecule has 2 heterocycles. The fourth-order valence-electron chi connectivity index (χ4n) is 7.06. The number of carbonyl (C=O) groups excluding carboxylic acids is 1. The monoisotopic (exact) mass is 600 g/mol. The number of rotatable bonds is 1. The van der Waals surface area contributed by atoms with Gasteiger partial charge in [-0.2, -0.15) is 0 Å². The summed E-state index contributed by atoms with van der Waals surface area (Å²) in [5.41, 5.74) is 3.25. The first-order valence-corrected chi connectivity index (χ1v) is 16.7. The molecule has 0 aromatic heterocycles. The maximum Gasteiger partial charge on any atom is 0.264 e. The molecule has 1 spiro atoms. The van der Waals surface area contributed by atoms with Crippen LogP contribution in [0.15, 0.2) is 48.6 Å². The quantitative estimate of drug-likeness (QED) is 0.420. The highest BCUT2D eigenvalue weighted by atomic mass is 35.5. The number of halogens is 1. The van der Waals surface area contributed by atoms with E-state index in [1.807, 2.05) is 18.2 Å². The minimum absolute atomic E-state index is 0.0408. The Morgan fingerprint density at radius 1 is 1.20 bits per heavy atom. The van der Waals surface area contributed by atoms with Crippen LogP contribution in [-0.2, 0) is 21.9 Å². The van der Waals surface area contributed by atoms with Crippen LogP contribution in [0.1, 0.15) is 67.9 Å². The number of nitrogens with zero attached hydrogens (tertiary/aromatic N) is 1. The van der Waals surface area contributed by atoms with Crippen molar-refractivity contribution in [2.24, 2.45) is 17.8 Å². The van der Waals surface area contributed by atoms with Gasteiger partial charge in [0.15, 0.2) is 0 Å². The summed E-state index contributed by atoms with van der Waals surface area (Å²) in [5.74, 6) is -0.325. The van der Waals surface area contributed by atoms with Crippen LogP contribution in [0.3, 0.4) is 0 Å². The van der Waals surface area contributed by atoms with Crippen LogP contribution < -0.4 is 14.4 Å². The highest BCUT2D eigenvalue weighted by Gasteiger charge is 2.42. The van der Waals surface area contributed by atoms with Crippen LogP contribution in [0.4, 0.5) is 5.69 Å². The SMILES string of the molecule is CC[C@@H]1[C@@H](C)CN2C[C@@]3(CCCc4cc(Cl)ccc43)COc3ccc(cc32)C(=O)NS(=O)(=O)C[C@H](C)/C=C/C[C@@H]1O. The number of fused-ring (bicyclic) bond motifs is 3. The van der Waals surface area contributed by atoms with Gasteiger partial charge in [0.25, 0.3) is 5.91 Å². The van der Waals surface area contributed by atoms with E-state index in [1.54, 1.807) is 25.1 Å². The number of aryl methyl sites for hydroxylation is 1. The molecule has 41 heavy (non-hydrogen) atoms. The third-order valence-electron chi connectivity index (χ3n) is 9.08. The number of anilines is 1. The number of allylic oxidation sites excluding steroid dienone is 1. The van der Waals surface area contributed by atoms with E-state index in [1.165, 1.54) is 11.1 Å². The minimum atomic E-state index is -3.86. The molecule has 2 aromatic carbocycles. The highest BCUT2D eigenvalue weighted by Crippen LogP contribution is 2.45. The zero-order valence-electron chi connectivity index (χ0n) is 24.1. The number of nitrogens with one attached hydrogen (secondary N) is 1. The van der Waals surface area contributed by atoms with Gasteiger partial charge in [-0.15, -0.1) is 0 Å². The molecule has 5 atom stereocenters. The van der Waals surface area contributed by atoms with E-state index < -0.39 is 22.0 Å². The Kier molecular flexibility index (Phi) is 8.74. The molecule has 9 heteroatoms. The van der Waals surface area contributed by atoms with Crippen molar-refractivity contribution in [3.8, 4) is 5.75 Å². The molecule has 0 radical (unpaired) electrons. The average Bonchev–Trinajstić information content (AvgIpc) is 3.05. The maximum absolute atomic E-state index is 13.2. The summed E-state index contributed by atoms with van der Waals surface area (Å²) >= 11 is 6.38. The van der Waals surface area contributed by atoms with Crippen molar-refractivity contribution in [1.82, 2.24) is 4.72 Å². The van der Waals surface area contributed by atoms with Gasteiger partial charge in [-0.3, -0.25) is 4.79 Å². The van der Waals surface area contributed by atoms with E-state index in [-0.39, 0.29) is 34.5 Å². The predicted octanol–water partition coefficient (Wildman–Crippen LogP) is 5.49. The molecule has 2 bridgehead atoms. The van der Waals surface area contributed by atoms with E-state index in [9.17, 15) is 18.3 Å². The molecular formula is C32H41ClN2O5S. The van der Waals surface area contributed by atoms with Gasteiger partial charge in [-0.05, 0) is 84.9 Å². The zero-order chi connectivity index (χ0) is 29.4. The van der Waals surface area contributed by atoms with Crippen molar-refractivity contribution in [1.29, 1.82) is 0 Å². The summed E-state index contributed by atoms with van der Waals surface area (Å²) in [4.78, 5) is 15.5. The highest BCUT2D eigenvalue weighted by molar-refractivity contribution is 7.90. The van der Waals surface area contributed by atoms with Crippen molar-refractivity contribution >= 4 is 33.2 Å². The second-order valence-electron chi connectivity index (χ2n) is 12.3. The van der Waals surface area contributed by atoms with Crippen LogP contribution >= 0.6 is 11.6 Å². The lowest BCUT2D eigenvalue weighted by Crippen LogP contribution is -2.47. The lowest BCUT2D eigenvalue weighted by molar-refractivity contribution is 0.0776. The van der Waals surface area contributed by atoms with Crippen LogP contribution in [0, 0.1) is 17.8 Å². The Morgan fingerprint density at radius 3 is 2.78 bits per heavy atom. The fourth-order valence-corrected chi connectivity index (χ4v) is 8.54. The number of carbonyl (C=O) groups is 1. The number of ether oxygens (including phenoxy) is 1. The normalized spacial score (nSPS) is 31.0. The molecule has 2 N–H and O–H groups in total. The first kappa shape index (κ1) is 29.9. The molecular weight excluding hydrogens is 560 g/mol. The summed E-state index contributed by atoms with van der Waals surface area (Å²) in [7, 11) is -3.86. The summed E-state index contributed by atoms with van der Waals surface area (Å²) in [5, 5.41) is 11.9. The van der Waals surface area contributed by atoms with Crippen LogP contribution in [0.25, 0.3) is 0 Å². The molecule has 5 rings (SSSR count). The van der Waals surface area contributed by atoms with Crippen molar-refractivity contribution in [2.45, 2.75) is 64.4 Å². The van der Waals surface area contributed by atoms with E-state index in [0.717, 1.165) is 36.4 Å². The Labute approximate surface area is 249 Å². The zero-order valence-corrected chi connectivity index (χ0v) is 25.7. The van der Waals surface area contributed by atoms with Crippen LogP contribution in [-0.4, -0.2) is 51.0 Å². The lowest BCUT2D eigenvalue weighted by atomic mass is 9.70. The smallest absolute Gasteiger partial charge is 0.264 e. The third-order valence-corrected chi connectivity index (χ3v) is 10.8. The van der Waals surface area contributed by atoms with E-state index in [0.29, 0.717) is 31.9 Å². The van der Waals surface area contributed by atoms with Crippen molar-refractivity contribution in [3.63, 3.8) is 0 Å². The first-order chi connectivity index (χ1) is 19.5. The third kappa shape index (κ3) is 6.45. The lowest BCUT2D eigenvalue weighted by Gasteiger charge is -2.42. The van der Waals surface area contributed by atoms with Crippen molar-refractivity contribution in [3.05, 3.63) is 70.3 Å². The average molecular weight is 601 g/mol. The first-order valence-electron chi connectivity index (χ1n) is 14.7. The Bertz CT molecular complexity index is 1430. The van der Waals surface area contributed by atoms with Gasteiger partial charge < -0.3 is 14.7 Å². The van der Waals surface area contributed by atoms with Crippen LogP contribution in [0.5, 0.6) is 5.75 Å². The van der Waals surface area contributed by atoms with Gasteiger partial charge in [-0.25, -0.2) is 13.1 Å². The second kappa shape index (κ2) is 12.0. The number of aliphatic hydroxyl groups is 1. The number of benzene rings is 2. The second-order valence-corrected chi connectivity index (χ2v) is 14.5. The van der Waals surface area contributed by atoms with Crippen molar-refractivity contribution < 1.29 is 23.1 Å². The number of aliphatic hydroxyl groups excluding tert-OH is 1.